The monoisotopic (exact) mass is 360 g/mol. The van der Waals surface area contributed by atoms with E-state index < -0.39 is 0 Å². The molecule has 0 aromatic heterocycles. The molecule has 1 heterocycles. The summed E-state index contributed by atoms with van der Waals surface area (Å²) in [5.41, 5.74) is 1.11. The fourth-order valence-electron chi connectivity index (χ4n) is 3.19. The van der Waals surface area contributed by atoms with Gasteiger partial charge in [-0.2, -0.15) is 0 Å². The highest BCUT2D eigenvalue weighted by molar-refractivity contribution is 5.78. The van der Waals surface area contributed by atoms with E-state index in [9.17, 15) is 9.59 Å². The molecular formula is C21H32N2O3. The van der Waals surface area contributed by atoms with Crippen LogP contribution in [-0.2, 0) is 16.0 Å². The molecule has 0 bridgehead atoms. The summed E-state index contributed by atoms with van der Waals surface area (Å²) >= 11 is 0. The number of nitrogens with zero attached hydrogens (tertiary/aromatic N) is 1. The van der Waals surface area contributed by atoms with Gasteiger partial charge in [-0.1, -0.05) is 45.9 Å². The van der Waals surface area contributed by atoms with Crippen molar-refractivity contribution in [3.63, 3.8) is 0 Å². The number of piperidine rings is 1. The summed E-state index contributed by atoms with van der Waals surface area (Å²) in [5, 5.41) is 3.03. The van der Waals surface area contributed by atoms with Gasteiger partial charge in [0.2, 0.25) is 5.91 Å². The molecule has 1 N–H and O–H groups in total. The largest absolute Gasteiger partial charge is 0.483 e. The number of ether oxygens (including phenoxy) is 1. The lowest BCUT2D eigenvalue weighted by Crippen LogP contribution is -2.48. The molecule has 0 saturated carbocycles. The highest BCUT2D eigenvalue weighted by Gasteiger charge is 2.26. The van der Waals surface area contributed by atoms with Crippen molar-refractivity contribution in [2.24, 2.45) is 5.41 Å². The molecule has 1 fully saturated rings. The Morgan fingerprint density at radius 3 is 2.46 bits per heavy atom. The minimum absolute atomic E-state index is 0.00820. The predicted molar refractivity (Wildman–Crippen MR) is 103 cm³/mol. The maximum Gasteiger partial charge on any atom is 0.258 e. The van der Waals surface area contributed by atoms with Gasteiger partial charge < -0.3 is 15.0 Å². The summed E-state index contributed by atoms with van der Waals surface area (Å²) in [6.07, 6.45) is 3.04. The van der Waals surface area contributed by atoms with Gasteiger partial charge in [0.15, 0.2) is 6.61 Å². The molecule has 0 spiro atoms. The summed E-state index contributed by atoms with van der Waals surface area (Å²) in [6.45, 7) is 9.74. The molecule has 5 nitrogen and oxygen atoms in total. The highest BCUT2D eigenvalue weighted by Crippen LogP contribution is 2.22. The fourth-order valence-corrected chi connectivity index (χ4v) is 3.19. The number of likely N-dealkylation sites (tertiary alicyclic amines) is 1. The van der Waals surface area contributed by atoms with Crippen LogP contribution in [0, 0.1) is 5.41 Å². The van der Waals surface area contributed by atoms with E-state index in [0.29, 0.717) is 19.5 Å². The van der Waals surface area contributed by atoms with Gasteiger partial charge in [-0.05, 0) is 36.3 Å². The molecule has 144 valence electrons. The molecule has 0 atom stereocenters. The number of para-hydroxylation sites is 1. The molecule has 1 aliphatic heterocycles. The minimum atomic E-state index is -0.102. The molecule has 1 saturated heterocycles. The topological polar surface area (TPSA) is 58.6 Å². The van der Waals surface area contributed by atoms with Crippen LogP contribution in [0.25, 0.3) is 0 Å². The van der Waals surface area contributed by atoms with Gasteiger partial charge in [0.05, 0.1) is 0 Å². The Labute approximate surface area is 157 Å². The Kier molecular flexibility index (Phi) is 7.06. The second-order valence-corrected chi connectivity index (χ2v) is 8.21. The van der Waals surface area contributed by atoms with E-state index in [1.807, 2.05) is 29.2 Å². The number of aryl methyl sites for hydroxylation is 1. The van der Waals surface area contributed by atoms with Crippen molar-refractivity contribution >= 4 is 11.8 Å². The summed E-state index contributed by atoms with van der Waals surface area (Å²) in [7, 11) is 0. The van der Waals surface area contributed by atoms with E-state index in [1.54, 1.807) is 0 Å². The maximum atomic E-state index is 12.3. The summed E-state index contributed by atoms with van der Waals surface area (Å²) in [5.74, 6) is 0.880. The number of nitrogens with one attached hydrogen (secondary N) is 1. The summed E-state index contributed by atoms with van der Waals surface area (Å²) in [4.78, 5) is 26.4. The van der Waals surface area contributed by atoms with Crippen molar-refractivity contribution in [2.45, 2.75) is 59.4 Å². The zero-order valence-electron chi connectivity index (χ0n) is 16.5. The average molecular weight is 360 g/mol. The van der Waals surface area contributed by atoms with Gasteiger partial charge >= 0.3 is 0 Å². The van der Waals surface area contributed by atoms with Crippen molar-refractivity contribution in [1.29, 1.82) is 0 Å². The molecular weight excluding hydrogens is 328 g/mol. The number of carbonyl (C=O) groups is 2. The zero-order valence-corrected chi connectivity index (χ0v) is 16.5. The maximum absolute atomic E-state index is 12.3. The smallest absolute Gasteiger partial charge is 0.258 e. The van der Waals surface area contributed by atoms with Crippen LogP contribution in [0.3, 0.4) is 0 Å². The normalized spacial score (nSPS) is 15.6. The molecule has 1 aromatic rings. The first-order valence-corrected chi connectivity index (χ1v) is 9.56. The fraction of sp³-hybridized carbons (Fsp3) is 0.619. The van der Waals surface area contributed by atoms with E-state index in [-0.39, 0.29) is 29.9 Å². The molecule has 1 aromatic carbocycles. The predicted octanol–water partition coefficient (Wildman–Crippen LogP) is 3.17. The van der Waals surface area contributed by atoms with Crippen LogP contribution in [0.2, 0.25) is 0 Å². The third-order valence-electron chi connectivity index (χ3n) is 4.61. The molecule has 2 rings (SSSR count). The lowest BCUT2D eigenvalue weighted by Gasteiger charge is -2.34. The van der Waals surface area contributed by atoms with Crippen LogP contribution in [0.1, 0.15) is 52.5 Å². The summed E-state index contributed by atoms with van der Waals surface area (Å²) in [6, 6.07) is 7.91. The van der Waals surface area contributed by atoms with E-state index in [2.05, 4.69) is 33.0 Å². The van der Waals surface area contributed by atoms with Gasteiger partial charge in [-0.15, -0.1) is 0 Å². The second kappa shape index (κ2) is 9.06. The average Bonchev–Trinajstić information content (AvgIpc) is 2.59. The number of hydrogen-bond donors (Lipinski definition) is 1. The van der Waals surface area contributed by atoms with Crippen molar-refractivity contribution in [1.82, 2.24) is 10.2 Å². The third-order valence-corrected chi connectivity index (χ3v) is 4.61. The number of amides is 2. The van der Waals surface area contributed by atoms with Gasteiger partial charge in [-0.25, -0.2) is 0 Å². The van der Waals surface area contributed by atoms with Crippen LogP contribution >= 0.6 is 0 Å². The zero-order chi connectivity index (χ0) is 19.2. The molecule has 0 radical (unpaired) electrons. The first kappa shape index (κ1) is 20.3. The Balaban J connectivity index is 1.73. The van der Waals surface area contributed by atoms with Crippen LogP contribution < -0.4 is 10.1 Å². The standard InChI is InChI=1S/C21H32N2O3/c1-5-16-8-6-7-9-18(16)26-15-19(24)22-17-10-12-23(13-11-17)20(25)14-21(2,3)4/h6-9,17H,5,10-15H2,1-4H3,(H,22,24). The molecule has 0 aliphatic carbocycles. The number of hydrogen-bond acceptors (Lipinski definition) is 3. The number of rotatable bonds is 6. The number of benzene rings is 1. The molecule has 0 unspecified atom stereocenters. The summed E-state index contributed by atoms with van der Waals surface area (Å²) < 4.78 is 5.67. The van der Waals surface area contributed by atoms with Gasteiger partial charge in [0, 0.05) is 25.6 Å². The van der Waals surface area contributed by atoms with Gasteiger partial charge in [0.25, 0.3) is 5.91 Å². The van der Waals surface area contributed by atoms with Gasteiger partial charge in [-0.3, -0.25) is 9.59 Å². The third kappa shape index (κ3) is 6.36. The minimum Gasteiger partial charge on any atom is -0.483 e. The van der Waals surface area contributed by atoms with E-state index >= 15 is 0 Å². The van der Waals surface area contributed by atoms with Crippen molar-refractivity contribution in [3.05, 3.63) is 29.8 Å². The molecule has 1 aliphatic rings. The van der Waals surface area contributed by atoms with E-state index in [4.69, 9.17) is 4.74 Å². The van der Waals surface area contributed by atoms with Crippen LogP contribution in [0.4, 0.5) is 0 Å². The Morgan fingerprint density at radius 1 is 1.19 bits per heavy atom. The van der Waals surface area contributed by atoms with Crippen LogP contribution in [0.5, 0.6) is 5.75 Å². The Bertz CT molecular complexity index is 614. The molecule has 5 heteroatoms. The Morgan fingerprint density at radius 2 is 1.85 bits per heavy atom. The second-order valence-electron chi connectivity index (χ2n) is 8.21. The van der Waals surface area contributed by atoms with Crippen LogP contribution in [-0.4, -0.2) is 42.5 Å². The number of carbonyl (C=O) groups excluding carboxylic acids is 2. The lowest BCUT2D eigenvalue weighted by molar-refractivity contribution is -0.134. The highest BCUT2D eigenvalue weighted by atomic mass is 16.5. The van der Waals surface area contributed by atoms with Crippen molar-refractivity contribution < 1.29 is 14.3 Å². The van der Waals surface area contributed by atoms with E-state index in [0.717, 1.165) is 30.6 Å². The van der Waals surface area contributed by atoms with Crippen LogP contribution in [0.15, 0.2) is 24.3 Å². The van der Waals surface area contributed by atoms with E-state index in [1.165, 1.54) is 0 Å². The van der Waals surface area contributed by atoms with Crippen molar-refractivity contribution in [3.8, 4) is 5.75 Å². The van der Waals surface area contributed by atoms with Crippen molar-refractivity contribution in [2.75, 3.05) is 19.7 Å². The Hall–Kier alpha value is -2.04. The first-order chi connectivity index (χ1) is 12.3. The molecule has 26 heavy (non-hydrogen) atoms. The SMILES string of the molecule is CCc1ccccc1OCC(=O)NC1CCN(C(=O)CC(C)(C)C)CC1. The first-order valence-electron chi connectivity index (χ1n) is 9.56. The molecule has 2 amide bonds. The van der Waals surface area contributed by atoms with Gasteiger partial charge in [0.1, 0.15) is 5.75 Å². The quantitative estimate of drug-likeness (QED) is 0.848. The lowest BCUT2D eigenvalue weighted by atomic mass is 9.91.